The van der Waals surface area contributed by atoms with Gasteiger partial charge in [-0.3, -0.25) is 4.79 Å². The lowest BCUT2D eigenvalue weighted by Crippen LogP contribution is -2.48. The van der Waals surface area contributed by atoms with Crippen molar-refractivity contribution in [2.75, 3.05) is 26.0 Å². The van der Waals surface area contributed by atoms with Gasteiger partial charge in [-0.15, -0.1) is 0 Å². The number of carbonyl (C=O) groups excluding carboxylic acids is 1. The number of Topliss-reactive ketones (excluding diaryl/α,β-unsaturated/α-hetero) is 1. The van der Waals surface area contributed by atoms with Gasteiger partial charge in [0.2, 0.25) is 10.0 Å². The SMILES string of the molecule is COC[C@@H]1CCCN1S(=O)(=O)CC12CC[C@@H](CC1=O)C2(C)C. The molecule has 1 saturated heterocycles. The van der Waals surface area contributed by atoms with Crippen molar-refractivity contribution in [3.8, 4) is 0 Å². The first-order chi connectivity index (χ1) is 10.2. The molecule has 1 heterocycles. The van der Waals surface area contributed by atoms with Gasteiger partial charge in [-0.25, -0.2) is 8.42 Å². The summed E-state index contributed by atoms with van der Waals surface area (Å²) in [5.41, 5.74) is -0.871. The monoisotopic (exact) mass is 329 g/mol. The van der Waals surface area contributed by atoms with Crippen molar-refractivity contribution in [3.05, 3.63) is 0 Å². The van der Waals surface area contributed by atoms with Gasteiger partial charge in [0.15, 0.2) is 0 Å². The molecule has 5 nitrogen and oxygen atoms in total. The van der Waals surface area contributed by atoms with Crippen LogP contribution in [-0.4, -0.2) is 50.6 Å². The molecule has 2 aliphatic carbocycles. The molecule has 22 heavy (non-hydrogen) atoms. The van der Waals surface area contributed by atoms with E-state index in [4.69, 9.17) is 4.74 Å². The van der Waals surface area contributed by atoms with Crippen LogP contribution in [0.2, 0.25) is 0 Å². The molecule has 0 spiro atoms. The van der Waals surface area contributed by atoms with Gasteiger partial charge in [-0.1, -0.05) is 13.8 Å². The number of hydrogen-bond acceptors (Lipinski definition) is 4. The molecular weight excluding hydrogens is 302 g/mol. The van der Waals surface area contributed by atoms with Crippen LogP contribution in [0, 0.1) is 16.7 Å². The molecule has 3 rings (SSSR count). The van der Waals surface area contributed by atoms with Gasteiger partial charge >= 0.3 is 0 Å². The molecule has 1 unspecified atom stereocenters. The molecule has 2 saturated carbocycles. The Bertz CT molecular complexity index is 571. The van der Waals surface area contributed by atoms with Crippen molar-refractivity contribution < 1.29 is 17.9 Å². The molecule has 0 aromatic heterocycles. The average molecular weight is 329 g/mol. The molecule has 3 atom stereocenters. The highest BCUT2D eigenvalue weighted by Gasteiger charge is 2.65. The third-order valence-electron chi connectivity index (χ3n) is 6.61. The second kappa shape index (κ2) is 5.28. The molecule has 2 bridgehead atoms. The van der Waals surface area contributed by atoms with Crippen LogP contribution in [0.4, 0.5) is 0 Å². The maximum Gasteiger partial charge on any atom is 0.215 e. The molecule has 3 aliphatic rings. The van der Waals surface area contributed by atoms with E-state index < -0.39 is 15.4 Å². The van der Waals surface area contributed by atoms with Crippen LogP contribution in [0.1, 0.15) is 46.0 Å². The first kappa shape index (κ1) is 16.4. The molecule has 3 fully saturated rings. The van der Waals surface area contributed by atoms with E-state index in [0.29, 0.717) is 25.5 Å². The molecule has 126 valence electrons. The van der Waals surface area contributed by atoms with Crippen molar-refractivity contribution in [3.63, 3.8) is 0 Å². The number of carbonyl (C=O) groups is 1. The zero-order valence-corrected chi connectivity index (χ0v) is 14.6. The quantitative estimate of drug-likeness (QED) is 0.772. The molecule has 0 aromatic carbocycles. The number of ketones is 1. The highest BCUT2D eigenvalue weighted by Crippen LogP contribution is 2.64. The largest absolute Gasteiger partial charge is 0.383 e. The Balaban J connectivity index is 1.87. The van der Waals surface area contributed by atoms with Crippen LogP contribution in [0.15, 0.2) is 0 Å². The summed E-state index contributed by atoms with van der Waals surface area (Å²) in [4.78, 5) is 12.6. The van der Waals surface area contributed by atoms with Crippen molar-refractivity contribution in [2.45, 2.75) is 52.0 Å². The fraction of sp³-hybridized carbons (Fsp3) is 0.938. The zero-order chi connectivity index (χ0) is 16.2. The normalized spacial score (nSPS) is 38.0. The maximum absolute atomic E-state index is 13.0. The Morgan fingerprint density at radius 1 is 1.32 bits per heavy atom. The summed E-state index contributed by atoms with van der Waals surface area (Å²) < 4.78 is 32.8. The van der Waals surface area contributed by atoms with E-state index in [-0.39, 0.29) is 23.0 Å². The Morgan fingerprint density at radius 3 is 2.59 bits per heavy atom. The standard InChI is InChI=1S/C16H27NO4S/c1-15(2)12-6-7-16(15,14(18)9-12)11-22(19,20)17-8-4-5-13(17)10-21-3/h12-13H,4-11H2,1-3H3/t12-,13-,16?/m0/s1. The lowest BCUT2D eigenvalue weighted by molar-refractivity contribution is -0.128. The molecule has 0 amide bonds. The lowest BCUT2D eigenvalue weighted by atomic mass is 9.70. The summed E-state index contributed by atoms with van der Waals surface area (Å²) in [5.74, 6) is 0.506. The van der Waals surface area contributed by atoms with Gasteiger partial charge < -0.3 is 4.74 Å². The van der Waals surface area contributed by atoms with Crippen LogP contribution in [0.3, 0.4) is 0 Å². The number of rotatable bonds is 5. The lowest BCUT2D eigenvalue weighted by Gasteiger charge is -2.38. The van der Waals surface area contributed by atoms with Gasteiger partial charge in [-0.2, -0.15) is 4.31 Å². The maximum atomic E-state index is 13.0. The van der Waals surface area contributed by atoms with Crippen molar-refractivity contribution in [1.82, 2.24) is 4.31 Å². The Labute approximate surface area is 133 Å². The topological polar surface area (TPSA) is 63.7 Å². The summed E-state index contributed by atoms with van der Waals surface area (Å²) in [6.07, 6.45) is 3.99. The van der Waals surface area contributed by atoms with Gasteiger partial charge in [-0.05, 0) is 37.0 Å². The number of nitrogens with zero attached hydrogens (tertiary/aromatic N) is 1. The minimum Gasteiger partial charge on any atom is -0.383 e. The Kier molecular flexibility index (Phi) is 3.94. The highest BCUT2D eigenvalue weighted by molar-refractivity contribution is 7.89. The Hall–Kier alpha value is -0.460. The summed E-state index contributed by atoms with van der Waals surface area (Å²) in [5, 5.41) is 0. The third kappa shape index (κ3) is 2.18. The van der Waals surface area contributed by atoms with E-state index in [1.807, 2.05) is 0 Å². The van der Waals surface area contributed by atoms with Gasteiger partial charge in [0.25, 0.3) is 0 Å². The smallest absolute Gasteiger partial charge is 0.215 e. The summed E-state index contributed by atoms with van der Waals surface area (Å²) in [7, 11) is -1.83. The van der Waals surface area contributed by atoms with E-state index in [1.165, 1.54) is 0 Å². The fourth-order valence-corrected chi connectivity index (χ4v) is 7.53. The summed E-state index contributed by atoms with van der Waals surface area (Å²) in [6, 6.07) is -0.0665. The van der Waals surface area contributed by atoms with Crippen LogP contribution in [0.5, 0.6) is 0 Å². The summed E-state index contributed by atoms with van der Waals surface area (Å²) >= 11 is 0. The third-order valence-corrected chi connectivity index (χ3v) is 8.66. The van der Waals surface area contributed by atoms with E-state index in [1.54, 1.807) is 11.4 Å². The molecule has 0 aromatic rings. The van der Waals surface area contributed by atoms with Crippen LogP contribution in [0.25, 0.3) is 0 Å². The molecular formula is C16H27NO4S. The first-order valence-corrected chi connectivity index (χ1v) is 9.87. The Morgan fingerprint density at radius 2 is 2.05 bits per heavy atom. The minimum atomic E-state index is -3.43. The van der Waals surface area contributed by atoms with Crippen molar-refractivity contribution in [1.29, 1.82) is 0 Å². The number of hydrogen-bond donors (Lipinski definition) is 0. The van der Waals surface area contributed by atoms with Crippen molar-refractivity contribution in [2.24, 2.45) is 16.7 Å². The number of sulfonamides is 1. The zero-order valence-electron chi connectivity index (χ0n) is 13.8. The molecule has 6 heteroatoms. The van der Waals surface area contributed by atoms with Crippen LogP contribution in [-0.2, 0) is 19.6 Å². The van der Waals surface area contributed by atoms with E-state index in [0.717, 1.165) is 25.7 Å². The van der Waals surface area contributed by atoms with Crippen LogP contribution < -0.4 is 0 Å². The predicted octanol–water partition coefficient (Wildman–Crippen LogP) is 1.82. The van der Waals surface area contributed by atoms with Gasteiger partial charge in [0, 0.05) is 31.5 Å². The van der Waals surface area contributed by atoms with E-state index in [9.17, 15) is 13.2 Å². The number of fused-ring (bicyclic) bond motifs is 2. The summed E-state index contributed by atoms with van der Waals surface area (Å²) in [6.45, 7) is 5.17. The van der Waals surface area contributed by atoms with E-state index in [2.05, 4.69) is 13.8 Å². The van der Waals surface area contributed by atoms with Gasteiger partial charge in [0.1, 0.15) is 5.78 Å². The first-order valence-electron chi connectivity index (χ1n) is 8.26. The predicted molar refractivity (Wildman–Crippen MR) is 84.0 cm³/mol. The number of ether oxygens (including phenoxy) is 1. The molecule has 1 aliphatic heterocycles. The second-order valence-electron chi connectivity index (χ2n) is 7.79. The fourth-order valence-electron chi connectivity index (χ4n) is 5.04. The molecule has 0 radical (unpaired) electrons. The highest BCUT2D eigenvalue weighted by atomic mass is 32.2. The van der Waals surface area contributed by atoms with Gasteiger partial charge in [0.05, 0.1) is 12.4 Å². The second-order valence-corrected chi connectivity index (χ2v) is 9.71. The number of methoxy groups -OCH3 is 1. The molecule has 0 N–H and O–H groups in total. The van der Waals surface area contributed by atoms with Crippen molar-refractivity contribution >= 4 is 15.8 Å². The van der Waals surface area contributed by atoms with Crippen LogP contribution >= 0.6 is 0 Å². The minimum absolute atomic E-state index is 0.0114. The van der Waals surface area contributed by atoms with E-state index >= 15 is 0 Å². The average Bonchev–Trinajstić information content (AvgIpc) is 3.02.